The van der Waals surface area contributed by atoms with Gasteiger partial charge in [0.2, 0.25) is 0 Å². The van der Waals surface area contributed by atoms with E-state index in [1.54, 1.807) is 19.4 Å². The van der Waals surface area contributed by atoms with E-state index >= 15 is 0 Å². The summed E-state index contributed by atoms with van der Waals surface area (Å²) in [6.07, 6.45) is 2.65. The maximum atomic E-state index is 12.5. The topological polar surface area (TPSA) is 53.9 Å². The van der Waals surface area contributed by atoms with Crippen LogP contribution in [0.25, 0.3) is 0 Å². The van der Waals surface area contributed by atoms with Crippen LogP contribution in [0, 0.1) is 6.92 Å². The number of aryl methyl sites for hydroxylation is 1. The van der Waals surface area contributed by atoms with E-state index in [9.17, 15) is 4.79 Å². The van der Waals surface area contributed by atoms with Gasteiger partial charge in [-0.3, -0.25) is 4.79 Å². The Morgan fingerprint density at radius 1 is 1.34 bits per heavy atom. The fourth-order valence-corrected chi connectivity index (χ4v) is 4.12. The number of methoxy groups -OCH3 is 1. The molecule has 1 unspecified atom stereocenters. The molecule has 0 saturated heterocycles. The molecule has 1 aliphatic rings. The van der Waals surface area contributed by atoms with Crippen LogP contribution in [0.1, 0.15) is 60.2 Å². The zero-order valence-corrected chi connectivity index (χ0v) is 18.6. The maximum Gasteiger partial charge on any atom is 0.275 e. The highest BCUT2D eigenvalue weighted by Gasteiger charge is 2.34. The number of anilines is 1. The predicted molar refractivity (Wildman–Crippen MR) is 120 cm³/mol. The van der Waals surface area contributed by atoms with Crippen molar-refractivity contribution in [3.8, 4) is 5.75 Å². The molecule has 1 atom stereocenters. The quantitative estimate of drug-likeness (QED) is 0.557. The molecule has 0 fully saturated rings. The van der Waals surface area contributed by atoms with Crippen molar-refractivity contribution >= 4 is 29.4 Å². The zero-order chi connectivity index (χ0) is 21.3. The minimum absolute atomic E-state index is 0.0758. The third-order valence-electron chi connectivity index (χ3n) is 5.72. The van der Waals surface area contributed by atoms with Crippen molar-refractivity contribution in [2.24, 2.45) is 5.10 Å². The second-order valence-electron chi connectivity index (χ2n) is 8.31. The van der Waals surface area contributed by atoms with Crippen molar-refractivity contribution < 1.29 is 9.53 Å². The van der Waals surface area contributed by atoms with E-state index in [1.807, 2.05) is 25.1 Å². The van der Waals surface area contributed by atoms with E-state index in [-0.39, 0.29) is 11.4 Å². The van der Waals surface area contributed by atoms with Crippen molar-refractivity contribution in [1.29, 1.82) is 0 Å². The molecule has 1 N–H and O–H groups in total. The SMILES string of the molecule is COc1cc(C)ccc1C(=O)N/N=C/c1cc2c(cc1Cl)N(C)C(C)(C)CC2C. The first kappa shape index (κ1) is 21.2. The van der Waals surface area contributed by atoms with E-state index in [4.69, 9.17) is 16.3 Å². The molecule has 3 rings (SSSR count). The van der Waals surface area contributed by atoms with E-state index in [1.165, 1.54) is 5.56 Å². The Balaban J connectivity index is 1.82. The van der Waals surface area contributed by atoms with E-state index in [0.717, 1.165) is 23.2 Å². The van der Waals surface area contributed by atoms with Crippen molar-refractivity contribution in [2.75, 3.05) is 19.1 Å². The Bertz CT molecular complexity index is 969. The molecule has 0 saturated carbocycles. The highest BCUT2D eigenvalue weighted by Crippen LogP contribution is 2.44. The third-order valence-corrected chi connectivity index (χ3v) is 6.05. The molecule has 5 nitrogen and oxygen atoms in total. The molecule has 0 aromatic heterocycles. The fourth-order valence-electron chi connectivity index (χ4n) is 3.91. The maximum absolute atomic E-state index is 12.5. The second kappa shape index (κ2) is 8.07. The summed E-state index contributed by atoms with van der Waals surface area (Å²) in [5, 5.41) is 4.72. The lowest BCUT2D eigenvalue weighted by Gasteiger charge is -2.45. The number of carbonyl (C=O) groups is 1. The molecule has 1 amide bonds. The summed E-state index contributed by atoms with van der Waals surface area (Å²) in [4.78, 5) is 14.7. The number of rotatable bonds is 4. The normalized spacial score (nSPS) is 17.9. The number of carbonyl (C=O) groups excluding carboxylic acids is 1. The standard InChI is InChI=1S/C23H28ClN3O2/c1-14-7-8-17(21(9-14)29-6)22(28)26-25-13-16-10-18-15(2)12-23(3,4)27(5)20(18)11-19(16)24/h7-11,13,15H,12H2,1-6H3,(H,26,28)/b25-13+. The lowest BCUT2D eigenvalue weighted by atomic mass is 9.80. The number of nitrogens with zero attached hydrogens (tertiary/aromatic N) is 2. The van der Waals surface area contributed by atoms with Gasteiger partial charge in [0.15, 0.2) is 0 Å². The summed E-state index contributed by atoms with van der Waals surface area (Å²) >= 11 is 6.51. The smallest absolute Gasteiger partial charge is 0.275 e. The van der Waals surface area contributed by atoms with Gasteiger partial charge in [0.25, 0.3) is 5.91 Å². The molecule has 0 bridgehead atoms. The minimum atomic E-state index is -0.331. The molecule has 154 valence electrons. The number of fused-ring (bicyclic) bond motifs is 1. The molecule has 0 radical (unpaired) electrons. The molecule has 6 heteroatoms. The fraction of sp³-hybridized carbons (Fsp3) is 0.391. The zero-order valence-electron chi connectivity index (χ0n) is 17.8. The number of amides is 1. The van der Waals surface area contributed by atoms with E-state index < -0.39 is 0 Å². The number of ether oxygens (including phenoxy) is 1. The highest BCUT2D eigenvalue weighted by molar-refractivity contribution is 6.33. The van der Waals surface area contributed by atoms with Crippen LogP contribution in [-0.2, 0) is 0 Å². The molecular weight excluding hydrogens is 386 g/mol. The van der Waals surface area contributed by atoms with Crippen LogP contribution in [0.3, 0.4) is 0 Å². The van der Waals surface area contributed by atoms with Gasteiger partial charge < -0.3 is 9.64 Å². The minimum Gasteiger partial charge on any atom is -0.496 e. The summed E-state index contributed by atoms with van der Waals surface area (Å²) in [7, 11) is 3.64. The summed E-state index contributed by atoms with van der Waals surface area (Å²) < 4.78 is 5.29. The molecule has 1 heterocycles. The predicted octanol–water partition coefficient (Wildman–Crippen LogP) is 5.14. The van der Waals surface area contributed by atoms with Crippen molar-refractivity contribution in [1.82, 2.24) is 5.43 Å². The molecule has 2 aromatic rings. The number of halogens is 1. The average Bonchev–Trinajstić information content (AvgIpc) is 2.66. The van der Waals surface area contributed by atoms with Gasteiger partial charge in [0, 0.05) is 23.8 Å². The highest BCUT2D eigenvalue weighted by atomic mass is 35.5. The Hall–Kier alpha value is -2.53. The number of hydrogen-bond donors (Lipinski definition) is 1. The van der Waals surface area contributed by atoms with Crippen LogP contribution in [0.2, 0.25) is 5.02 Å². The van der Waals surface area contributed by atoms with Gasteiger partial charge >= 0.3 is 0 Å². The van der Waals surface area contributed by atoms with Gasteiger partial charge in [-0.15, -0.1) is 0 Å². The van der Waals surface area contributed by atoms with Crippen molar-refractivity contribution in [3.63, 3.8) is 0 Å². The van der Waals surface area contributed by atoms with Crippen LogP contribution in [-0.4, -0.2) is 31.8 Å². The first-order chi connectivity index (χ1) is 13.6. The van der Waals surface area contributed by atoms with Crippen LogP contribution < -0.4 is 15.1 Å². The molecular formula is C23H28ClN3O2. The van der Waals surface area contributed by atoms with E-state index in [0.29, 0.717) is 22.3 Å². The monoisotopic (exact) mass is 413 g/mol. The second-order valence-corrected chi connectivity index (χ2v) is 8.72. The first-order valence-corrected chi connectivity index (χ1v) is 10.1. The molecule has 0 spiro atoms. The van der Waals surface area contributed by atoms with Crippen LogP contribution >= 0.6 is 11.6 Å². The first-order valence-electron chi connectivity index (χ1n) is 9.69. The van der Waals surface area contributed by atoms with Gasteiger partial charge in [0.1, 0.15) is 5.75 Å². The van der Waals surface area contributed by atoms with Crippen molar-refractivity contribution in [2.45, 2.75) is 45.6 Å². The Kier molecular flexibility index (Phi) is 5.90. The van der Waals surface area contributed by atoms with E-state index in [2.05, 4.69) is 49.3 Å². The number of hydrogen-bond acceptors (Lipinski definition) is 4. The van der Waals surface area contributed by atoms with Gasteiger partial charge in [0.05, 0.1) is 23.9 Å². The number of benzene rings is 2. The van der Waals surface area contributed by atoms with Gasteiger partial charge in [-0.05, 0) is 68.5 Å². The summed E-state index contributed by atoms with van der Waals surface area (Å²) in [6.45, 7) is 8.66. The van der Waals surface area contributed by atoms with Crippen LogP contribution in [0.15, 0.2) is 35.4 Å². The van der Waals surface area contributed by atoms with Gasteiger partial charge in [-0.25, -0.2) is 5.43 Å². The van der Waals surface area contributed by atoms with Crippen LogP contribution in [0.4, 0.5) is 5.69 Å². The molecule has 29 heavy (non-hydrogen) atoms. The summed E-state index contributed by atoms with van der Waals surface area (Å²) in [5.74, 6) is 0.595. The molecule has 2 aromatic carbocycles. The largest absolute Gasteiger partial charge is 0.496 e. The summed E-state index contributed by atoms with van der Waals surface area (Å²) in [6, 6.07) is 9.46. The lowest BCUT2D eigenvalue weighted by Crippen LogP contribution is -2.45. The van der Waals surface area contributed by atoms with Gasteiger partial charge in [-0.2, -0.15) is 5.10 Å². The number of nitrogens with one attached hydrogen (secondary N) is 1. The average molecular weight is 414 g/mol. The van der Waals surface area contributed by atoms with Crippen molar-refractivity contribution in [3.05, 3.63) is 57.6 Å². The third kappa shape index (κ3) is 4.25. The Labute approximate surface area is 177 Å². The Morgan fingerprint density at radius 2 is 2.07 bits per heavy atom. The number of hydrazone groups is 1. The Morgan fingerprint density at radius 3 is 2.76 bits per heavy atom. The lowest BCUT2D eigenvalue weighted by molar-refractivity contribution is 0.0952. The molecule has 1 aliphatic heterocycles. The summed E-state index contributed by atoms with van der Waals surface area (Å²) in [5.41, 5.74) is 7.25. The van der Waals surface area contributed by atoms with Gasteiger partial charge in [-0.1, -0.05) is 24.6 Å². The molecule has 0 aliphatic carbocycles. The van der Waals surface area contributed by atoms with Crippen LogP contribution in [0.5, 0.6) is 5.75 Å².